The van der Waals surface area contributed by atoms with Crippen LogP contribution >= 0.6 is 0 Å². The van der Waals surface area contributed by atoms with Gasteiger partial charge in [-0.1, -0.05) is 107 Å². The van der Waals surface area contributed by atoms with Crippen LogP contribution in [0.15, 0.2) is 24.3 Å². The lowest BCUT2D eigenvalue weighted by atomic mass is 9.70. The molecule has 1 heteroatoms. The SMILES string of the molecule is Cc1c(C(C)(C)C)cc(C(c2cc(C(C)(C)C)c(C)c(C(C)(C)C)c2)[C@H]2CCCN2)cc1C(C)(C)C. The highest BCUT2D eigenvalue weighted by Gasteiger charge is 2.34. The van der Waals surface area contributed by atoms with Crippen LogP contribution in [0.2, 0.25) is 0 Å². The molecule has 1 atom stereocenters. The van der Waals surface area contributed by atoms with Crippen molar-refractivity contribution in [3.05, 3.63) is 68.8 Å². The van der Waals surface area contributed by atoms with Gasteiger partial charge in [-0.25, -0.2) is 0 Å². The summed E-state index contributed by atoms with van der Waals surface area (Å²) in [4.78, 5) is 0. The average Bonchev–Trinajstić information content (AvgIpc) is 3.20. The van der Waals surface area contributed by atoms with Crippen LogP contribution < -0.4 is 5.32 Å². The van der Waals surface area contributed by atoms with Crippen LogP contribution in [-0.2, 0) is 21.7 Å². The van der Waals surface area contributed by atoms with Gasteiger partial charge in [-0.3, -0.25) is 0 Å². The van der Waals surface area contributed by atoms with Crippen molar-refractivity contribution in [1.29, 1.82) is 0 Å². The van der Waals surface area contributed by atoms with Crippen molar-refractivity contribution in [2.75, 3.05) is 6.54 Å². The molecule has 0 unspecified atom stereocenters. The zero-order valence-electron chi connectivity index (χ0n) is 26.1. The van der Waals surface area contributed by atoms with Gasteiger partial charge in [-0.15, -0.1) is 0 Å². The first-order valence-electron chi connectivity index (χ1n) is 14.3. The van der Waals surface area contributed by atoms with E-state index in [-0.39, 0.29) is 21.7 Å². The Kier molecular flexibility index (Phi) is 7.73. The van der Waals surface area contributed by atoms with Gasteiger partial charge in [0, 0.05) is 12.0 Å². The molecule has 0 bridgehead atoms. The number of hydrogen-bond acceptors (Lipinski definition) is 1. The molecule has 2 aromatic carbocycles. The predicted molar refractivity (Wildman–Crippen MR) is 160 cm³/mol. The Labute approximate surface area is 223 Å². The van der Waals surface area contributed by atoms with E-state index in [9.17, 15) is 0 Å². The minimum atomic E-state index is 0.105. The van der Waals surface area contributed by atoms with E-state index in [0.29, 0.717) is 12.0 Å². The summed E-state index contributed by atoms with van der Waals surface area (Å²) in [6.45, 7) is 34.3. The lowest BCUT2D eigenvalue weighted by Crippen LogP contribution is -2.32. The number of hydrogen-bond donors (Lipinski definition) is 1. The first-order chi connectivity index (χ1) is 16.2. The fourth-order valence-corrected chi connectivity index (χ4v) is 6.60. The average molecular weight is 490 g/mol. The molecule has 0 aromatic heterocycles. The Morgan fingerprint density at radius 3 is 1.11 bits per heavy atom. The zero-order chi connectivity index (χ0) is 27.4. The van der Waals surface area contributed by atoms with Gasteiger partial charge in [-0.05, 0) is 99.4 Å². The molecule has 1 fully saturated rings. The Balaban J connectivity index is 2.41. The molecule has 0 aliphatic carbocycles. The minimum Gasteiger partial charge on any atom is -0.313 e. The maximum atomic E-state index is 3.92. The molecule has 3 rings (SSSR count). The number of rotatable bonds is 3. The van der Waals surface area contributed by atoms with Gasteiger partial charge in [0.05, 0.1) is 0 Å². The largest absolute Gasteiger partial charge is 0.313 e. The summed E-state index contributed by atoms with van der Waals surface area (Å²) in [6.07, 6.45) is 2.49. The molecule has 200 valence electrons. The van der Waals surface area contributed by atoms with E-state index in [1.54, 1.807) is 0 Å². The highest BCUT2D eigenvalue weighted by atomic mass is 14.9. The summed E-state index contributed by atoms with van der Waals surface area (Å²) in [6, 6.07) is 10.7. The van der Waals surface area contributed by atoms with Gasteiger partial charge in [-0.2, -0.15) is 0 Å². The molecule has 1 heterocycles. The smallest absolute Gasteiger partial charge is 0.0243 e. The highest BCUT2D eigenvalue weighted by molar-refractivity contribution is 5.52. The van der Waals surface area contributed by atoms with E-state index in [0.717, 1.165) is 6.54 Å². The Bertz CT molecular complexity index is 932. The summed E-state index contributed by atoms with van der Waals surface area (Å²) < 4.78 is 0. The summed E-state index contributed by atoms with van der Waals surface area (Å²) in [5.74, 6) is 0.345. The minimum absolute atomic E-state index is 0.105. The van der Waals surface area contributed by atoms with Crippen molar-refractivity contribution in [3.63, 3.8) is 0 Å². The van der Waals surface area contributed by atoms with E-state index in [1.165, 1.54) is 57.3 Å². The molecular weight excluding hydrogens is 434 g/mol. The topological polar surface area (TPSA) is 12.0 Å². The molecule has 0 spiro atoms. The van der Waals surface area contributed by atoms with Crippen LogP contribution in [0.1, 0.15) is 146 Å². The number of nitrogens with one attached hydrogen (secondary N) is 1. The van der Waals surface area contributed by atoms with Gasteiger partial charge in [0.25, 0.3) is 0 Å². The molecule has 1 saturated heterocycles. The summed E-state index contributed by atoms with van der Waals surface area (Å²) in [7, 11) is 0. The van der Waals surface area contributed by atoms with Crippen molar-refractivity contribution >= 4 is 0 Å². The van der Waals surface area contributed by atoms with E-state index >= 15 is 0 Å². The lowest BCUT2D eigenvalue weighted by Gasteiger charge is -2.35. The molecule has 2 aromatic rings. The summed E-state index contributed by atoms with van der Waals surface area (Å²) in [5.41, 5.74) is 12.3. The van der Waals surface area contributed by atoms with Crippen LogP contribution in [0.5, 0.6) is 0 Å². The van der Waals surface area contributed by atoms with E-state index in [4.69, 9.17) is 0 Å². The van der Waals surface area contributed by atoms with Crippen LogP contribution in [-0.4, -0.2) is 12.6 Å². The molecule has 0 saturated carbocycles. The van der Waals surface area contributed by atoms with Crippen molar-refractivity contribution < 1.29 is 0 Å². The van der Waals surface area contributed by atoms with Crippen LogP contribution in [0.4, 0.5) is 0 Å². The molecule has 0 radical (unpaired) electrons. The first kappa shape index (κ1) is 29.0. The Morgan fingerprint density at radius 2 is 0.889 bits per heavy atom. The number of benzene rings is 2. The van der Waals surface area contributed by atoms with Crippen molar-refractivity contribution in [2.45, 2.75) is 143 Å². The van der Waals surface area contributed by atoms with Crippen LogP contribution in [0.25, 0.3) is 0 Å². The molecular formula is C35H55N. The van der Waals surface area contributed by atoms with Gasteiger partial charge in [0.2, 0.25) is 0 Å². The second kappa shape index (κ2) is 9.61. The fourth-order valence-electron chi connectivity index (χ4n) is 6.60. The molecule has 1 aliphatic rings. The second-order valence-corrected chi connectivity index (χ2v) is 15.7. The maximum Gasteiger partial charge on any atom is 0.0243 e. The van der Waals surface area contributed by atoms with Gasteiger partial charge in [0.15, 0.2) is 0 Å². The van der Waals surface area contributed by atoms with E-state index < -0.39 is 0 Å². The predicted octanol–water partition coefficient (Wildman–Crippen LogP) is 9.38. The third-order valence-electron chi connectivity index (χ3n) is 8.31. The molecule has 1 nitrogen and oxygen atoms in total. The maximum absolute atomic E-state index is 3.92. The van der Waals surface area contributed by atoms with Gasteiger partial charge in [0.1, 0.15) is 0 Å². The van der Waals surface area contributed by atoms with Crippen molar-refractivity contribution in [3.8, 4) is 0 Å². The first-order valence-corrected chi connectivity index (χ1v) is 14.3. The molecule has 36 heavy (non-hydrogen) atoms. The second-order valence-electron chi connectivity index (χ2n) is 15.7. The summed E-state index contributed by atoms with van der Waals surface area (Å²) in [5, 5.41) is 3.92. The zero-order valence-corrected chi connectivity index (χ0v) is 26.1. The van der Waals surface area contributed by atoms with Crippen LogP contribution in [0, 0.1) is 13.8 Å². The third-order valence-corrected chi connectivity index (χ3v) is 8.31. The standard InChI is InChI=1S/C35H55N/c1-22-26(32(3,4)5)18-24(19-27(22)33(6,7)8)31(30-16-15-17-36-30)25-20-28(34(9,10)11)23(2)29(21-25)35(12,13)14/h18-21,30-31,36H,15-17H2,1-14H3/t30-/m1/s1. The monoisotopic (exact) mass is 489 g/mol. The Morgan fingerprint density at radius 1 is 0.583 bits per heavy atom. The summed E-state index contributed by atoms with van der Waals surface area (Å²) >= 11 is 0. The molecule has 0 amide bonds. The van der Waals surface area contributed by atoms with Gasteiger partial charge >= 0.3 is 0 Å². The van der Waals surface area contributed by atoms with Gasteiger partial charge < -0.3 is 5.32 Å². The molecule has 1 aliphatic heterocycles. The lowest BCUT2D eigenvalue weighted by molar-refractivity contribution is 0.520. The highest BCUT2D eigenvalue weighted by Crippen LogP contribution is 2.43. The third kappa shape index (κ3) is 5.93. The quantitative estimate of drug-likeness (QED) is 0.453. The van der Waals surface area contributed by atoms with E-state index in [2.05, 4.69) is 127 Å². The van der Waals surface area contributed by atoms with E-state index in [1.807, 2.05) is 0 Å². The molecule has 1 N–H and O–H groups in total. The fraction of sp³-hybridized carbons (Fsp3) is 0.657. The van der Waals surface area contributed by atoms with Crippen molar-refractivity contribution in [2.24, 2.45) is 0 Å². The van der Waals surface area contributed by atoms with Crippen LogP contribution in [0.3, 0.4) is 0 Å². The normalized spacial score (nSPS) is 17.8. The van der Waals surface area contributed by atoms with Crippen molar-refractivity contribution in [1.82, 2.24) is 5.32 Å². The Hall–Kier alpha value is -1.60.